The Bertz CT molecular complexity index is 446. The van der Waals surface area contributed by atoms with E-state index in [4.69, 9.17) is 4.74 Å². The van der Waals surface area contributed by atoms with E-state index in [0.29, 0.717) is 12.3 Å². The number of carbonyl (C=O) groups is 1. The first-order chi connectivity index (χ1) is 8.06. The molecule has 1 saturated heterocycles. The standard InChI is InChI=1S/C14H15BrO2/c1-9(2)12-8-14(16)17-13(12)7-10-3-5-11(15)6-4-10/h3-7,9,12H,8H2,1-2H3/b13-7-. The van der Waals surface area contributed by atoms with Crippen LogP contribution >= 0.6 is 15.9 Å². The normalized spacial score (nSPS) is 22.2. The van der Waals surface area contributed by atoms with Crippen molar-refractivity contribution in [1.29, 1.82) is 0 Å². The summed E-state index contributed by atoms with van der Waals surface area (Å²) >= 11 is 3.40. The summed E-state index contributed by atoms with van der Waals surface area (Å²) in [5.41, 5.74) is 1.06. The van der Waals surface area contributed by atoms with Gasteiger partial charge in [-0.05, 0) is 29.7 Å². The maximum absolute atomic E-state index is 11.3. The van der Waals surface area contributed by atoms with Gasteiger partial charge in [-0.25, -0.2) is 0 Å². The molecule has 0 spiro atoms. The lowest BCUT2D eigenvalue weighted by atomic mass is 9.92. The highest BCUT2D eigenvalue weighted by Gasteiger charge is 2.31. The van der Waals surface area contributed by atoms with E-state index in [1.54, 1.807) is 0 Å². The van der Waals surface area contributed by atoms with E-state index in [-0.39, 0.29) is 11.9 Å². The van der Waals surface area contributed by atoms with Gasteiger partial charge in [-0.2, -0.15) is 0 Å². The van der Waals surface area contributed by atoms with Crippen molar-refractivity contribution in [2.24, 2.45) is 11.8 Å². The number of carbonyl (C=O) groups excluding carboxylic acids is 1. The first-order valence-electron chi connectivity index (χ1n) is 5.74. The summed E-state index contributed by atoms with van der Waals surface area (Å²) in [5, 5.41) is 0. The van der Waals surface area contributed by atoms with Crippen molar-refractivity contribution in [2.75, 3.05) is 0 Å². The van der Waals surface area contributed by atoms with E-state index >= 15 is 0 Å². The average Bonchev–Trinajstić information content (AvgIpc) is 2.63. The van der Waals surface area contributed by atoms with Crippen LogP contribution in [0.15, 0.2) is 34.5 Å². The van der Waals surface area contributed by atoms with Gasteiger partial charge in [0.1, 0.15) is 5.76 Å². The zero-order valence-electron chi connectivity index (χ0n) is 9.94. The van der Waals surface area contributed by atoms with E-state index in [1.807, 2.05) is 30.3 Å². The highest BCUT2D eigenvalue weighted by atomic mass is 79.9. The van der Waals surface area contributed by atoms with Gasteiger partial charge in [0.2, 0.25) is 0 Å². The number of hydrogen-bond acceptors (Lipinski definition) is 2. The molecule has 1 aromatic rings. The molecule has 1 heterocycles. The molecule has 0 N–H and O–H groups in total. The van der Waals surface area contributed by atoms with Crippen LogP contribution in [0.3, 0.4) is 0 Å². The lowest BCUT2D eigenvalue weighted by Crippen LogP contribution is -2.06. The van der Waals surface area contributed by atoms with E-state index < -0.39 is 0 Å². The molecule has 17 heavy (non-hydrogen) atoms. The minimum Gasteiger partial charge on any atom is -0.431 e. The summed E-state index contributed by atoms with van der Waals surface area (Å²) < 4.78 is 6.32. The average molecular weight is 295 g/mol. The lowest BCUT2D eigenvalue weighted by Gasteiger charge is -2.12. The second-order valence-electron chi connectivity index (χ2n) is 4.63. The number of benzene rings is 1. The fraction of sp³-hybridized carbons (Fsp3) is 0.357. The second-order valence-corrected chi connectivity index (χ2v) is 5.54. The Morgan fingerprint density at radius 1 is 1.35 bits per heavy atom. The molecule has 2 nitrogen and oxygen atoms in total. The Morgan fingerprint density at radius 3 is 2.59 bits per heavy atom. The van der Waals surface area contributed by atoms with Crippen LogP contribution in [0.2, 0.25) is 0 Å². The first-order valence-corrected chi connectivity index (χ1v) is 6.53. The summed E-state index contributed by atoms with van der Waals surface area (Å²) in [6.45, 7) is 4.23. The molecule has 0 radical (unpaired) electrons. The number of esters is 1. The van der Waals surface area contributed by atoms with Gasteiger partial charge in [-0.3, -0.25) is 4.79 Å². The molecule has 1 aliphatic rings. The van der Waals surface area contributed by atoms with Crippen LogP contribution in [-0.4, -0.2) is 5.97 Å². The summed E-state index contributed by atoms with van der Waals surface area (Å²) in [7, 11) is 0. The minimum absolute atomic E-state index is 0.118. The number of halogens is 1. The Kier molecular flexibility index (Phi) is 3.67. The van der Waals surface area contributed by atoms with Crippen LogP contribution in [0.25, 0.3) is 6.08 Å². The fourth-order valence-corrected chi connectivity index (χ4v) is 2.22. The van der Waals surface area contributed by atoms with E-state index in [1.165, 1.54) is 0 Å². The Balaban J connectivity index is 2.25. The molecular formula is C14H15BrO2. The molecule has 0 bridgehead atoms. The Morgan fingerprint density at radius 2 is 2.00 bits per heavy atom. The molecule has 0 aliphatic carbocycles. The summed E-state index contributed by atoms with van der Waals surface area (Å²) in [6.07, 6.45) is 2.46. The van der Waals surface area contributed by atoms with Crippen molar-refractivity contribution in [3.05, 3.63) is 40.1 Å². The monoisotopic (exact) mass is 294 g/mol. The number of hydrogen-bond donors (Lipinski definition) is 0. The Hall–Kier alpha value is -1.09. The van der Waals surface area contributed by atoms with Crippen molar-refractivity contribution < 1.29 is 9.53 Å². The van der Waals surface area contributed by atoms with Gasteiger partial charge in [0.25, 0.3) is 0 Å². The zero-order chi connectivity index (χ0) is 12.4. The van der Waals surface area contributed by atoms with Crippen molar-refractivity contribution >= 4 is 28.0 Å². The van der Waals surface area contributed by atoms with Crippen LogP contribution in [0.5, 0.6) is 0 Å². The van der Waals surface area contributed by atoms with E-state index in [0.717, 1.165) is 15.8 Å². The van der Waals surface area contributed by atoms with Crippen molar-refractivity contribution in [2.45, 2.75) is 20.3 Å². The van der Waals surface area contributed by atoms with Gasteiger partial charge in [-0.1, -0.05) is 41.9 Å². The molecule has 0 amide bonds. The largest absolute Gasteiger partial charge is 0.431 e. The molecule has 3 heteroatoms. The van der Waals surface area contributed by atoms with Crippen LogP contribution in [0, 0.1) is 11.8 Å². The van der Waals surface area contributed by atoms with E-state index in [2.05, 4.69) is 29.8 Å². The molecule has 90 valence electrons. The van der Waals surface area contributed by atoms with Gasteiger partial charge in [0.05, 0.1) is 6.42 Å². The predicted octanol–water partition coefficient (Wildman–Crippen LogP) is 4.01. The number of ether oxygens (including phenoxy) is 1. The molecule has 1 aliphatic heterocycles. The SMILES string of the molecule is CC(C)C1CC(=O)O/C1=C\c1ccc(Br)cc1. The smallest absolute Gasteiger partial charge is 0.311 e. The first kappa shape index (κ1) is 12.4. The molecule has 0 aromatic heterocycles. The topological polar surface area (TPSA) is 26.3 Å². The van der Waals surface area contributed by atoms with Crippen LogP contribution in [-0.2, 0) is 9.53 Å². The van der Waals surface area contributed by atoms with Crippen LogP contribution < -0.4 is 0 Å². The highest BCUT2D eigenvalue weighted by molar-refractivity contribution is 9.10. The fourth-order valence-electron chi connectivity index (χ4n) is 1.95. The maximum atomic E-state index is 11.3. The van der Waals surface area contributed by atoms with Gasteiger partial charge >= 0.3 is 5.97 Å². The van der Waals surface area contributed by atoms with E-state index in [9.17, 15) is 4.79 Å². The summed E-state index contributed by atoms with van der Waals surface area (Å²) in [5.74, 6) is 1.31. The van der Waals surface area contributed by atoms with Crippen molar-refractivity contribution in [3.8, 4) is 0 Å². The summed E-state index contributed by atoms with van der Waals surface area (Å²) in [6, 6.07) is 7.96. The van der Waals surface area contributed by atoms with Gasteiger partial charge in [0, 0.05) is 10.4 Å². The third-order valence-corrected chi connectivity index (χ3v) is 3.50. The molecule has 0 saturated carbocycles. The Labute approximate surface area is 110 Å². The third kappa shape index (κ3) is 2.97. The third-order valence-electron chi connectivity index (χ3n) is 2.97. The number of allylic oxidation sites excluding steroid dienone is 1. The quantitative estimate of drug-likeness (QED) is 0.771. The van der Waals surface area contributed by atoms with Gasteiger partial charge in [-0.15, -0.1) is 0 Å². The molecule has 1 atom stereocenters. The molecule has 1 fully saturated rings. The van der Waals surface area contributed by atoms with Gasteiger partial charge in [0.15, 0.2) is 0 Å². The zero-order valence-corrected chi connectivity index (χ0v) is 11.5. The van der Waals surface area contributed by atoms with Crippen LogP contribution in [0.1, 0.15) is 25.8 Å². The molecule has 1 aromatic carbocycles. The molecule has 1 unspecified atom stereocenters. The highest BCUT2D eigenvalue weighted by Crippen LogP contribution is 2.33. The maximum Gasteiger partial charge on any atom is 0.311 e. The number of rotatable bonds is 2. The summed E-state index contributed by atoms with van der Waals surface area (Å²) in [4.78, 5) is 11.3. The van der Waals surface area contributed by atoms with Gasteiger partial charge < -0.3 is 4.74 Å². The lowest BCUT2D eigenvalue weighted by molar-refractivity contribution is -0.135. The van der Waals surface area contributed by atoms with Crippen molar-refractivity contribution in [3.63, 3.8) is 0 Å². The number of cyclic esters (lactones) is 1. The minimum atomic E-state index is -0.118. The second kappa shape index (κ2) is 5.05. The molecule has 2 rings (SSSR count). The predicted molar refractivity (Wildman–Crippen MR) is 71.2 cm³/mol. The van der Waals surface area contributed by atoms with Crippen molar-refractivity contribution in [1.82, 2.24) is 0 Å². The van der Waals surface area contributed by atoms with Crippen LogP contribution in [0.4, 0.5) is 0 Å². The molecular weight excluding hydrogens is 280 g/mol.